The van der Waals surface area contributed by atoms with Gasteiger partial charge >= 0.3 is 0 Å². The molecule has 0 fully saturated rings. The first kappa shape index (κ1) is 25.9. The van der Waals surface area contributed by atoms with Gasteiger partial charge in [0, 0.05) is 43.5 Å². The van der Waals surface area contributed by atoms with Crippen LogP contribution in [-0.2, 0) is 16.1 Å². The van der Waals surface area contributed by atoms with Crippen molar-refractivity contribution in [3.63, 3.8) is 0 Å². The fourth-order valence-electron chi connectivity index (χ4n) is 5.03. The molecular weight excluding hydrogens is 472 g/mol. The van der Waals surface area contributed by atoms with Gasteiger partial charge in [-0.1, -0.05) is 38.1 Å². The van der Waals surface area contributed by atoms with Gasteiger partial charge in [0.15, 0.2) is 5.78 Å². The largest absolute Gasteiger partial charge is 0.489 e. The maximum Gasteiger partial charge on any atom is 0.269 e. The van der Waals surface area contributed by atoms with Crippen LogP contribution in [0.1, 0.15) is 43.7 Å². The summed E-state index contributed by atoms with van der Waals surface area (Å²) in [4.78, 5) is 25.9. The molecule has 1 aliphatic heterocycles. The summed E-state index contributed by atoms with van der Waals surface area (Å²) in [6.45, 7) is 5.15. The summed E-state index contributed by atoms with van der Waals surface area (Å²) in [5.41, 5.74) is 9.57. The highest BCUT2D eigenvalue weighted by molar-refractivity contribution is 6.00. The van der Waals surface area contributed by atoms with Crippen molar-refractivity contribution in [3.05, 3.63) is 92.4 Å². The maximum atomic E-state index is 13.5. The second-order valence-corrected chi connectivity index (χ2v) is 10.1. The Kier molecular flexibility index (Phi) is 7.32. The average molecular weight is 503 g/mol. The van der Waals surface area contributed by atoms with E-state index in [1.165, 1.54) is 12.1 Å². The Balaban J connectivity index is 1.65. The van der Waals surface area contributed by atoms with Crippen LogP contribution in [-0.4, -0.2) is 35.9 Å². The highest BCUT2D eigenvalue weighted by atomic mass is 16.6. The summed E-state index contributed by atoms with van der Waals surface area (Å²) in [6, 6.07) is 15.8. The zero-order valence-corrected chi connectivity index (χ0v) is 21.2. The number of nitrogens with zero attached hydrogens (tertiary/aromatic N) is 3. The average Bonchev–Trinajstić information content (AvgIpc) is 2.86. The number of nitro benzene ring substituents is 1. The molecule has 2 aliphatic rings. The summed E-state index contributed by atoms with van der Waals surface area (Å²) in [5, 5.41) is 21.1. The SMILES string of the molecule is COCCN1C(N)=C(C#N)[C@H](c2ccc(OCc3cccc([N+](=O)[O-])c3)cc2)C2=C1CC(C)(C)CC2=O. The number of methoxy groups -OCH3 is 1. The quantitative estimate of drug-likeness (QED) is 0.411. The monoisotopic (exact) mass is 502 g/mol. The van der Waals surface area contributed by atoms with E-state index < -0.39 is 10.8 Å². The molecule has 0 radical (unpaired) electrons. The highest BCUT2D eigenvalue weighted by Crippen LogP contribution is 2.49. The van der Waals surface area contributed by atoms with E-state index in [9.17, 15) is 20.2 Å². The van der Waals surface area contributed by atoms with Crippen LogP contribution in [0.3, 0.4) is 0 Å². The Hall–Kier alpha value is -4.16. The first-order valence-corrected chi connectivity index (χ1v) is 12.0. The minimum atomic E-state index is -0.562. The molecule has 37 heavy (non-hydrogen) atoms. The first-order valence-electron chi connectivity index (χ1n) is 12.0. The lowest BCUT2D eigenvalue weighted by Crippen LogP contribution is -2.43. The Morgan fingerprint density at radius 2 is 1.95 bits per heavy atom. The van der Waals surface area contributed by atoms with Crippen molar-refractivity contribution in [3.8, 4) is 11.8 Å². The second-order valence-electron chi connectivity index (χ2n) is 10.1. The van der Waals surface area contributed by atoms with Crippen molar-refractivity contribution in [2.24, 2.45) is 11.1 Å². The van der Waals surface area contributed by atoms with Gasteiger partial charge in [0.2, 0.25) is 0 Å². The van der Waals surface area contributed by atoms with Crippen molar-refractivity contribution in [2.45, 2.75) is 39.2 Å². The molecule has 0 saturated heterocycles. The number of carbonyl (C=O) groups is 1. The van der Waals surface area contributed by atoms with Crippen LogP contribution in [0.15, 0.2) is 71.2 Å². The topological polar surface area (TPSA) is 132 Å². The van der Waals surface area contributed by atoms with E-state index in [-0.39, 0.29) is 23.5 Å². The number of Topliss-reactive ketones (excluding diaryl/α,β-unsaturated/α-hetero) is 1. The molecule has 192 valence electrons. The number of non-ortho nitro benzene ring substituents is 1. The fourth-order valence-corrected chi connectivity index (χ4v) is 5.03. The number of nitro groups is 1. The molecule has 1 aliphatic carbocycles. The van der Waals surface area contributed by atoms with Crippen molar-refractivity contribution in [1.82, 2.24) is 4.90 Å². The van der Waals surface area contributed by atoms with Crippen LogP contribution in [0.2, 0.25) is 0 Å². The lowest BCUT2D eigenvalue weighted by atomic mass is 9.68. The van der Waals surface area contributed by atoms with Crippen molar-refractivity contribution >= 4 is 11.5 Å². The zero-order chi connectivity index (χ0) is 26.7. The molecule has 9 nitrogen and oxygen atoms in total. The molecule has 0 bridgehead atoms. The predicted octanol–water partition coefficient (Wildman–Crippen LogP) is 4.56. The van der Waals surface area contributed by atoms with E-state index >= 15 is 0 Å². The van der Waals surface area contributed by atoms with Gasteiger partial charge in [0.1, 0.15) is 18.2 Å². The molecule has 0 spiro atoms. The number of rotatable bonds is 8. The molecule has 2 N–H and O–H groups in total. The summed E-state index contributed by atoms with van der Waals surface area (Å²) < 4.78 is 11.1. The van der Waals surface area contributed by atoms with E-state index in [2.05, 4.69) is 19.9 Å². The number of benzene rings is 2. The van der Waals surface area contributed by atoms with E-state index in [0.717, 1.165) is 11.3 Å². The zero-order valence-electron chi connectivity index (χ0n) is 21.2. The molecule has 2 aromatic rings. The van der Waals surface area contributed by atoms with Crippen molar-refractivity contribution in [2.75, 3.05) is 20.3 Å². The smallest absolute Gasteiger partial charge is 0.269 e. The summed E-state index contributed by atoms with van der Waals surface area (Å²) in [5.74, 6) is 0.367. The third-order valence-electron chi connectivity index (χ3n) is 6.75. The van der Waals surface area contributed by atoms with E-state index in [1.54, 1.807) is 31.4 Å². The normalized spacial score (nSPS) is 18.9. The summed E-state index contributed by atoms with van der Waals surface area (Å²) in [6.07, 6.45) is 1.06. The van der Waals surface area contributed by atoms with Crippen LogP contribution in [0.25, 0.3) is 0 Å². The number of ketones is 1. The lowest BCUT2D eigenvalue weighted by molar-refractivity contribution is -0.384. The Bertz CT molecular complexity index is 1320. The van der Waals surface area contributed by atoms with Gasteiger partial charge in [-0.3, -0.25) is 14.9 Å². The van der Waals surface area contributed by atoms with Gasteiger partial charge in [-0.25, -0.2) is 0 Å². The lowest BCUT2D eigenvalue weighted by Gasteiger charge is -2.43. The number of hydrogen-bond acceptors (Lipinski definition) is 8. The molecule has 1 heterocycles. The van der Waals surface area contributed by atoms with Gasteiger partial charge in [-0.2, -0.15) is 5.26 Å². The number of ether oxygens (including phenoxy) is 2. The number of nitriles is 1. The number of carbonyl (C=O) groups excluding carboxylic acids is 1. The van der Waals surface area contributed by atoms with Crippen LogP contribution < -0.4 is 10.5 Å². The van der Waals surface area contributed by atoms with E-state index in [1.807, 2.05) is 17.0 Å². The van der Waals surface area contributed by atoms with Crippen LogP contribution >= 0.6 is 0 Å². The molecule has 0 saturated carbocycles. The summed E-state index contributed by atoms with van der Waals surface area (Å²) in [7, 11) is 1.60. The van der Waals surface area contributed by atoms with Gasteiger partial charge in [-0.05, 0) is 35.1 Å². The Morgan fingerprint density at radius 3 is 2.59 bits per heavy atom. The van der Waals surface area contributed by atoms with Gasteiger partial charge in [0.25, 0.3) is 5.69 Å². The summed E-state index contributed by atoms with van der Waals surface area (Å²) >= 11 is 0. The molecule has 0 amide bonds. The molecule has 1 atom stereocenters. The van der Waals surface area contributed by atoms with Crippen molar-refractivity contribution in [1.29, 1.82) is 5.26 Å². The fraction of sp³-hybridized carbons (Fsp3) is 0.357. The molecular formula is C28H30N4O5. The third-order valence-corrected chi connectivity index (χ3v) is 6.75. The van der Waals surface area contributed by atoms with Crippen LogP contribution in [0.4, 0.5) is 5.69 Å². The Labute approximate surface area is 215 Å². The minimum absolute atomic E-state index is 0.00565. The molecule has 4 rings (SSSR count). The maximum absolute atomic E-state index is 13.5. The Morgan fingerprint density at radius 1 is 1.22 bits per heavy atom. The van der Waals surface area contributed by atoms with E-state index in [0.29, 0.717) is 54.3 Å². The predicted molar refractivity (Wildman–Crippen MR) is 137 cm³/mol. The molecule has 2 aromatic carbocycles. The van der Waals surface area contributed by atoms with Crippen molar-refractivity contribution < 1.29 is 19.2 Å². The first-order chi connectivity index (χ1) is 17.6. The van der Waals surface area contributed by atoms with Gasteiger partial charge in [-0.15, -0.1) is 0 Å². The van der Waals surface area contributed by atoms with Gasteiger partial charge in [0.05, 0.1) is 29.1 Å². The third kappa shape index (κ3) is 5.34. The van der Waals surface area contributed by atoms with E-state index in [4.69, 9.17) is 15.2 Å². The molecule has 9 heteroatoms. The number of allylic oxidation sites excluding steroid dienone is 3. The van der Waals surface area contributed by atoms with Crippen LogP contribution in [0.5, 0.6) is 5.75 Å². The number of nitrogens with two attached hydrogens (primary N) is 1. The highest BCUT2D eigenvalue weighted by Gasteiger charge is 2.44. The molecule has 0 aromatic heterocycles. The van der Waals surface area contributed by atoms with Crippen LogP contribution in [0, 0.1) is 26.9 Å². The second kappa shape index (κ2) is 10.4. The number of hydrogen-bond donors (Lipinski definition) is 1. The van der Waals surface area contributed by atoms with Gasteiger partial charge < -0.3 is 20.1 Å². The standard InChI is InChI=1S/C28H30N4O5/c1-28(2)14-23-26(24(33)15-28)25(22(16-29)27(30)31(23)11-12-36-3)19-7-9-21(10-8-19)37-17-18-5-4-6-20(13-18)32(34)35/h4-10,13,25H,11-12,14-15,17,30H2,1-3H3/t25-/m0/s1. The minimum Gasteiger partial charge on any atom is -0.489 e. The molecule has 0 unspecified atom stereocenters.